The smallest absolute Gasteiger partial charge is 0.177 e. The van der Waals surface area contributed by atoms with E-state index < -0.39 is 0 Å². The summed E-state index contributed by atoms with van der Waals surface area (Å²) in [6.45, 7) is 2.00. The first-order valence-electron chi connectivity index (χ1n) is 4.96. The molecule has 0 spiro atoms. The lowest BCUT2D eigenvalue weighted by Gasteiger charge is -2.06. The highest BCUT2D eigenvalue weighted by atomic mass is 79.9. The molecule has 0 saturated heterocycles. The quantitative estimate of drug-likeness (QED) is 0.845. The van der Waals surface area contributed by atoms with Crippen LogP contribution in [0.25, 0.3) is 11.3 Å². The monoisotopic (exact) mass is 280 g/mol. The SMILES string of the molecule is COc1ccc(-c2c(C)nc(Br)n2C)cc1. The fourth-order valence-electron chi connectivity index (χ4n) is 1.75. The molecule has 1 heterocycles. The molecule has 0 unspecified atom stereocenters. The zero-order valence-corrected chi connectivity index (χ0v) is 11.1. The van der Waals surface area contributed by atoms with Crippen molar-refractivity contribution < 1.29 is 4.74 Å². The lowest BCUT2D eigenvalue weighted by Crippen LogP contribution is -1.93. The lowest BCUT2D eigenvalue weighted by molar-refractivity contribution is 0.415. The number of methoxy groups -OCH3 is 1. The van der Waals surface area contributed by atoms with Crippen molar-refractivity contribution in [3.63, 3.8) is 0 Å². The highest BCUT2D eigenvalue weighted by molar-refractivity contribution is 9.10. The van der Waals surface area contributed by atoms with Gasteiger partial charge in [0.25, 0.3) is 0 Å². The molecule has 0 N–H and O–H groups in total. The van der Waals surface area contributed by atoms with Crippen molar-refractivity contribution in [2.75, 3.05) is 7.11 Å². The predicted molar refractivity (Wildman–Crippen MR) is 67.6 cm³/mol. The standard InChI is InChI=1S/C12H13BrN2O/c1-8-11(15(2)12(13)14-8)9-4-6-10(16-3)7-5-9/h4-7H,1-3H3. The topological polar surface area (TPSA) is 27.1 Å². The first-order valence-corrected chi connectivity index (χ1v) is 5.76. The van der Waals surface area contributed by atoms with E-state index in [2.05, 4.69) is 20.9 Å². The number of nitrogens with zero attached hydrogens (tertiary/aromatic N) is 2. The van der Waals surface area contributed by atoms with Gasteiger partial charge in [0, 0.05) is 12.6 Å². The molecule has 0 aliphatic rings. The highest BCUT2D eigenvalue weighted by Gasteiger charge is 2.11. The summed E-state index contributed by atoms with van der Waals surface area (Å²) in [5.41, 5.74) is 3.27. The normalized spacial score (nSPS) is 10.5. The van der Waals surface area contributed by atoms with Gasteiger partial charge in [-0.3, -0.25) is 0 Å². The summed E-state index contributed by atoms with van der Waals surface area (Å²) in [4.78, 5) is 4.38. The third-order valence-electron chi connectivity index (χ3n) is 2.58. The number of hydrogen-bond donors (Lipinski definition) is 0. The second kappa shape index (κ2) is 4.29. The molecule has 0 bridgehead atoms. The Balaban J connectivity index is 2.50. The van der Waals surface area contributed by atoms with Gasteiger partial charge in [-0.1, -0.05) is 0 Å². The van der Waals surface area contributed by atoms with Gasteiger partial charge in [-0.05, 0) is 47.1 Å². The maximum Gasteiger partial charge on any atom is 0.177 e. The van der Waals surface area contributed by atoms with E-state index in [1.54, 1.807) is 7.11 Å². The summed E-state index contributed by atoms with van der Waals surface area (Å²) < 4.78 is 8.01. The molecule has 2 rings (SSSR count). The maximum atomic E-state index is 5.14. The largest absolute Gasteiger partial charge is 0.497 e. The van der Waals surface area contributed by atoms with Gasteiger partial charge < -0.3 is 9.30 Å². The molecule has 0 amide bonds. The first kappa shape index (κ1) is 11.2. The fraction of sp³-hybridized carbons (Fsp3) is 0.250. The van der Waals surface area contributed by atoms with Gasteiger partial charge in [-0.2, -0.15) is 0 Å². The van der Waals surface area contributed by atoms with Gasteiger partial charge >= 0.3 is 0 Å². The number of aryl methyl sites for hydroxylation is 1. The Labute approximate surface area is 103 Å². The summed E-state index contributed by atoms with van der Waals surface area (Å²) in [5, 5.41) is 0. The van der Waals surface area contributed by atoms with Crippen molar-refractivity contribution >= 4 is 15.9 Å². The van der Waals surface area contributed by atoms with Crippen molar-refractivity contribution in [1.82, 2.24) is 9.55 Å². The van der Waals surface area contributed by atoms with Crippen LogP contribution in [0.1, 0.15) is 5.69 Å². The van der Waals surface area contributed by atoms with Crippen LogP contribution in [0.2, 0.25) is 0 Å². The number of aromatic nitrogens is 2. The predicted octanol–water partition coefficient (Wildman–Crippen LogP) is 3.17. The molecule has 3 nitrogen and oxygen atoms in total. The molecule has 0 radical (unpaired) electrons. The molecule has 0 aliphatic heterocycles. The Bertz CT molecular complexity index is 502. The summed E-state index contributed by atoms with van der Waals surface area (Å²) in [7, 11) is 3.66. The number of benzene rings is 1. The minimum absolute atomic E-state index is 0.843. The summed E-state index contributed by atoms with van der Waals surface area (Å²) in [6, 6.07) is 7.98. The number of ether oxygens (including phenoxy) is 1. The Morgan fingerprint density at radius 1 is 1.25 bits per heavy atom. The molecule has 2 aromatic rings. The third kappa shape index (κ3) is 1.85. The summed E-state index contributed by atoms with van der Waals surface area (Å²) in [6.07, 6.45) is 0. The van der Waals surface area contributed by atoms with E-state index in [1.807, 2.05) is 42.8 Å². The fourth-order valence-corrected chi connectivity index (χ4v) is 2.20. The molecule has 1 aromatic carbocycles. The van der Waals surface area contributed by atoms with E-state index >= 15 is 0 Å². The third-order valence-corrected chi connectivity index (χ3v) is 3.29. The van der Waals surface area contributed by atoms with Crippen molar-refractivity contribution in [3.8, 4) is 17.0 Å². The van der Waals surface area contributed by atoms with Gasteiger partial charge in [-0.25, -0.2) is 4.98 Å². The van der Waals surface area contributed by atoms with Crippen LogP contribution in [0.5, 0.6) is 5.75 Å². The minimum Gasteiger partial charge on any atom is -0.497 e. The Kier molecular flexibility index (Phi) is 3.01. The highest BCUT2D eigenvalue weighted by Crippen LogP contribution is 2.27. The second-order valence-corrected chi connectivity index (χ2v) is 4.31. The van der Waals surface area contributed by atoms with Crippen LogP contribution in [0.4, 0.5) is 0 Å². The van der Waals surface area contributed by atoms with Gasteiger partial charge in [0.05, 0.1) is 18.5 Å². The van der Waals surface area contributed by atoms with Crippen LogP contribution in [-0.4, -0.2) is 16.7 Å². The van der Waals surface area contributed by atoms with Gasteiger partial charge in [0.1, 0.15) is 5.75 Å². The molecule has 1 aromatic heterocycles. The average Bonchev–Trinajstić information content (AvgIpc) is 2.54. The zero-order valence-electron chi connectivity index (χ0n) is 9.49. The summed E-state index contributed by atoms with van der Waals surface area (Å²) in [5.74, 6) is 0.864. The van der Waals surface area contributed by atoms with Crippen molar-refractivity contribution in [1.29, 1.82) is 0 Å². The van der Waals surface area contributed by atoms with Crippen LogP contribution >= 0.6 is 15.9 Å². The number of imidazole rings is 1. The Morgan fingerprint density at radius 3 is 2.31 bits per heavy atom. The van der Waals surface area contributed by atoms with Crippen LogP contribution in [0.3, 0.4) is 0 Å². The van der Waals surface area contributed by atoms with Crippen LogP contribution in [0.15, 0.2) is 29.0 Å². The van der Waals surface area contributed by atoms with E-state index in [9.17, 15) is 0 Å². The molecular weight excluding hydrogens is 268 g/mol. The number of halogens is 1. The van der Waals surface area contributed by atoms with E-state index in [0.717, 1.165) is 27.4 Å². The van der Waals surface area contributed by atoms with E-state index in [-0.39, 0.29) is 0 Å². The number of hydrogen-bond acceptors (Lipinski definition) is 2. The van der Waals surface area contributed by atoms with Crippen molar-refractivity contribution in [2.45, 2.75) is 6.92 Å². The molecule has 0 saturated carbocycles. The first-order chi connectivity index (χ1) is 7.63. The van der Waals surface area contributed by atoms with Gasteiger partial charge in [0.15, 0.2) is 4.73 Å². The second-order valence-electron chi connectivity index (χ2n) is 3.60. The van der Waals surface area contributed by atoms with Crippen LogP contribution < -0.4 is 4.74 Å². The number of rotatable bonds is 2. The van der Waals surface area contributed by atoms with Crippen LogP contribution in [0, 0.1) is 6.92 Å². The van der Waals surface area contributed by atoms with Gasteiger partial charge in [0.2, 0.25) is 0 Å². The molecule has 0 aliphatic carbocycles. The molecule has 0 atom stereocenters. The average molecular weight is 281 g/mol. The van der Waals surface area contributed by atoms with E-state index in [1.165, 1.54) is 0 Å². The van der Waals surface area contributed by atoms with E-state index in [0.29, 0.717) is 0 Å². The lowest BCUT2D eigenvalue weighted by atomic mass is 10.1. The maximum absolute atomic E-state index is 5.14. The van der Waals surface area contributed by atoms with Crippen molar-refractivity contribution in [3.05, 3.63) is 34.7 Å². The zero-order chi connectivity index (χ0) is 11.7. The Morgan fingerprint density at radius 2 is 1.88 bits per heavy atom. The van der Waals surface area contributed by atoms with E-state index in [4.69, 9.17) is 4.74 Å². The van der Waals surface area contributed by atoms with Crippen molar-refractivity contribution in [2.24, 2.45) is 7.05 Å². The molecule has 16 heavy (non-hydrogen) atoms. The Hall–Kier alpha value is -1.29. The summed E-state index contributed by atoms with van der Waals surface area (Å²) >= 11 is 3.42. The van der Waals surface area contributed by atoms with Crippen LogP contribution in [-0.2, 0) is 7.05 Å². The molecule has 4 heteroatoms. The molecule has 0 fully saturated rings. The minimum atomic E-state index is 0.843. The molecular formula is C12H13BrN2O. The van der Waals surface area contributed by atoms with Gasteiger partial charge in [-0.15, -0.1) is 0 Å². The molecule has 84 valence electrons.